The van der Waals surface area contributed by atoms with E-state index in [4.69, 9.17) is 41.0 Å². The lowest BCUT2D eigenvalue weighted by Gasteiger charge is -2.30. The Morgan fingerprint density at radius 2 is 1.48 bits per heavy atom. The number of anilines is 2. The summed E-state index contributed by atoms with van der Waals surface area (Å²) < 4.78 is 13.0. The van der Waals surface area contributed by atoms with Crippen molar-refractivity contribution in [3.05, 3.63) is 64.4 Å². The van der Waals surface area contributed by atoms with Crippen LogP contribution in [-0.2, 0) is 27.1 Å². The minimum atomic E-state index is 0.161. The number of carbonyl (C=O) groups is 1. The zero-order valence-corrected chi connectivity index (χ0v) is 24.3. The summed E-state index contributed by atoms with van der Waals surface area (Å²) in [6.45, 7) is 5.74. The number of rotatable bonds is 9. The van der Waals surface area contributed by atoms with Crippen LogP contribution < -0.4 is 9.80 Å². The number of halogens is 1. The molecule has 40 heavy (non-hydrogen) atoms. The van der Waals surface area contributed by atoms with Crippen LogP contribution in [0.25, 0.3) is 10.2 Å². The van der Waals surface area contributed by atoms with Crippen molar-refractivity contribution in [3.63, 3.8) is 0 Å². The molecule has 2 aliphatic rings. The highest BCUT2D eigenvalue weighted by Gasteiger charge is 2.21. The largest absolute Gasteiger partial charge is 0.378 e. The molecule has 12 heteroatoms. The van der Waals surface area contributed by atoms with Gasteiger partial charge in [-0.15, -0.1) is 11.3 Å². The van der Waals surface area contributed by atoms with Gasteiger partial charge in [0.1, 0.15) is 11.6 Å². The molecule has 6 rings (SSSR count). The highest BCUT2D eigenvalue weighted by atomic mass is 35.5. The molecule has 0 aliphatic carbocycles. The summed E-state index contributed by atoms with van der Waals surface area (Å²) in [5.41, 5.74) is 3.01. The van der Waals surface area contributed by atoms with Crippen LogP contribution in [0.3, 0.4) is 0 Å². The van der Waals surface area contributed by atoms with E-state index < -0.39 is 0 Å². The third-order valence-electron chi connectivity index (χ3n) is 6.71. The number of morpholine rings is 2. The lowest BCUT2D eigenvalue weighted by atomic mass is 10.1. The lowest BCUT2D eigenvalue weighted by Crippen LogP contribution is -2.40. The second kappa shape index (κ2) is 12.8. The molecule has 0 N–H and O–H groups in total. The Bertz CT molecular complexity index is 1440. The standard InChI is InChI=1S/C28H29ClN6O3S2/c29-21-4-1-19(2-5-21)15-22(36)18-39-28-30-23-6-3-20(16-24(23)40-28)17-25-31-26(34-7-11-37-12-8-34)33-27(32-25)35-9-13-38-14-10-35/h1-6,16H,7-15,17-18H2. The third-order valence-corrected chi connectivity index (χ3v) is 9.19. The summed E-state index contributed by atoms with van der Waals surface area (Å²) >= 11 is 9.04. The van der Waals surface area contributed by atoms with Crippen molar-refractivity contribution in [1.29, 1.82) is 0 Å². The minimum Gasteiger partial charge on any atom is -0.378 e. The number of ether oxygens (including phenoxy) is 2. The number of fused-ring (bicyclic) bond motifs is 1. The van der Waals surface area contributed by atoms with Gasteiger partial charge in [-0.05, 0) is 35.4 Å². The van der Waals surface area contributed by atoms with Gasteiger partial charge in [0.15, 0.2) is 4.34 Å². The molecule has 0 unspecified atom stereocenters. The fraction of sp³-hybridized carbons (Fsp3) is 0.393. The number of ketones is 1. The molecule has 0 atom stereocenters. The first-order valence-electron chi connectivity index (χ1n) is 13.3. The molecule has 4 heterocycles. The molecule has 0 radical (unpaired) electrons. The van der Waals surface area contributed by atoms with Crippen LogP contribution in [0, 0.1) is 0 Å². The molecule has 0 spiro atoms. The molecule has 2 aromatic heterocycles. The van der Waals surface area contributed by atoms with E-state index in [1.165, 1.54) is 11.8 Å². The molecule has 2 saturated heterocycles. The molecule has 4 aromatic rings. The normalized spacial score (nSPS) is 16.0. The van der Waals surface area contributed by atoms with Crippen LogP contribution in [0.2, 0.25) is 5.02 Å². The van der Waals surface area contributed by atoms with E-state index in [0.717, 1.165) is 57.7 Å². The molecule has 2 aromatic carbocycles. The van der Waals surface area contributed by atoms with Crippen molar-refractivity contribution in [3.8, 4) is 0 Å². The van der Waals surface area contributed by atoms with E-state index in [1.54, 1.807) is 11.3 Å². The van der Waals surface area contributed by atoms with Gasteiger partial charge in [0.25, 0.3) is 0 Å². The fourth-order valence-corrected chi connectivity index (χ4v) is 6.73. The molecule has 0 saturated carbocycles. The molecule has 0 amide bonds. The topological polar surface area (TPSA) is 93.6 Å². The van der Waals surface area contributed by atoms with Gasteiger partial charge in [0.2, 0.25) is 11.9 Å². The summed E-state index contributed by atoms with van der Waals surface area (Å²) in [6, 6.07) is 13.7. The first kappa shape index (κ1) is 27.3. The van der Waals surface area contributed by atoms with E-state index >= 15 is 0 Å². The summed E-state index contributed by atoms with van der Waals surface area (Å²) in [6.07, 6.45) is 0.983. The van der Waals surface area contributed by atoms with E-state index in [1.807, 2.05) is 30.3 Å². The van der Waals surface area contributed by atoms with Gasteiger partial charge in [0.05, 0.1) is 42.4 Å². The number of aromatic nitrogens is 4. The molecular weight excluding hydrogens is 568 g/mol. The van der Waals surface area contributed by atoms with Crippen molar-refractivity contribution >= 4 is 62.6 Å². The maximum absolute atomic E-state index is 12.5. The number of thiazole rings is 1. The van der Waals surface area contributed by atoms with E-state index in [9.17, 15) is 4.79 Å². The van der Waals surface area contributed by atoms with Crippen LogP contribution in [0.1, 0.15) is 17.0 Å². The number of hydrogen-bond donors (Lipinski definition) is 0. The van der Waals surface area contributed by atoms with Crippen molar-refractivity contribution in [1.82, 2.24) is 19.9 Å². The molecular formula is C28H29ClN6O3S2. The van der Waals surface area contributed by atoms with E-state index in [-0.39, 0.29) is 5.78 Å². The zero-order valence-electron chi connectivity index (χ0n) is 21.9. The lowest BCUT2D eigenvalue weighted by molar-refractivity contribution is -0.116. The van der Waals surface area contributed by atoms with E-state index in [2.05, 4.69) is 21.9 Å². The van der Waals surface area contributed by atoms with Gasteiger partial charge in [-0.2, -0.15) is 15.0 Å². The Hall–Kier alpha value is -2.83. The SMILES string of the molecule is O=C(CSc1nc2ccc(Cc3nc(N4CCOCC4)nc(N4CCOCC4)n3)cc2s1)Cc1ccc(Cl)cc1. The predicted octanol–water partition coefficient (Wildman–Crippen LogP) is 4.30. The Morgan fingerprint density at radius 3 is 2.12 bits per heavy atom. The summed E-state index contributed by atoms with van der Waals surface area (Å²) in [7, 11) is 0. The summed E-state index contributed by atoms with van der Waals surface area (Å²) in [5, 5.41) is 0.671. The molecule has 208 valence electrons. The minimum absolute atomic E-state index is 0.161. The Labute approximate surface area is 245 Å². The predicted molar refractivity (Wildman–Crippen MR) is 159 cm³/mol. The molecule has 0 bridgehead atoms. The number of hydrogen-bond acceptors (Lipinski definition) is 11. The smallest absolute Gasteiger partial charge is 0.230 e. The summed E-state index contributed by atoms with van der Waals surface area (Å²) in [4.78, 5) is 36.1. The van der Waals surface area contributed by atoms with Gasteiger partial charge in [-0.25, -0.2) is 4.98 Å². The van der Waals surface area contributed by atoms with Crippen LogP contribution in [0.15, 0.2) is 46.8 Å². The Balaban J connectivity index is 1.16. The van der Waals surface area contributed by atoms with Gasteiger partial charge in [0, 0.05) is 44.0 Å². The van der Waals surface area contributed by atoms with Crippen LogP contribution in [-0.4, -0.2) is 84.1 Å². The van der Waals surface area contributed by atoms with E-state index in [0.29, 0.717) is 61.9 Å². The average Bonchev–Trinajstić information content (AvgIpc) is 3.40. The highest BCUT2D eigenvalue weighted by molar-refractivity contribution is 8.01. The second-order valence-electron chi connectivity index (χ2n) is 9.64. The van der Waals surface area contributed by atoms with Crippen molar-refractivity contribution in [2.75, 3.05) is 68.2 Å². The Kier molecular flexibility index (Phi) is 8.74. The second-order valence-corrected chi connectivity index (χ2v) is 12.3. The first-order valence-corrected chi connectivity index (χ1v) is 15.5. The number of thioether (sulfide) groups is 1. The van der Waals surface area contributed by atoms with Crippen LogP contribution in [0.4, 0.5) is 11.9 Å². The van der Waals surface area contributed by atoms with Crippen molar-refractivity contribution < 1.29 is 14.3 Å². The zero-order chi connectivity index (χ0) is 27.3. The first-order chi connectivity index (χ1) is 19.6. The number of Topliss-reactive ketones (excluding diaryl/α,β-unsaturated/α-hetero) is 1. The van der Waals surface area contributed by atoms with Crippen LogP contribution >= 0.6 is 34.7 Å². The maximum atomic E-state index is 12.5. The van der Waals surface area contributed by atoms with Gasteiger partial charge in [-0.3, -0.25) is 4.79 Å². The Morgan fingerprint density at radius 1 is 0.850 bits per heavy atom. The van der Waals surface area contributed by atoms with Crippen LogP contribution in [0.5, 0.6) is 0 Å². The third kappa shape index (κ3) is 6.90. The van der Waals surface area contributed by atoms with Gasteiger partial charge in [-0.1, -0.05) is 41.6 Å². The molecule has 9 nitrogen and oxygen atoms in total. The monoisotopic (exact) mass is 596 g/mol. The van der Waals surface area contributed by atoms with Gasteiger partial charge >= 0.3 is 0 Å². The number of nitrogens with zero attached hydrogens (tertiary/aromatic N) is 6. The maximum Gasteiger partial charge on any atom is 0.230 e. The van der Waals surface area contributed by atoms with Crippen molar-refractivity contribution in [2.45, 2.75) is 17.2 Å². The number of benzene rings is 2. The average molecular weight is 597 g/mol. The fourth-order valence-electron chi connectivity index (χ4n) is 4.61. The highest BCUT2D eigenvalue weighted by Crippen LogP contribution is 2.31. The molecule has 2 aliphatic heterocycles. The number of carbonyl (C=O) groups excluding carboxylic acids is 1. The van der Waals surface area contributed by atoms with Gasteiger partial charge < -0.3 is 19.3 Å². The quantitative estimate of drug-likeness (QED) is 0.260. The summed E-state index contributed by atoms with van der Waals surface area (Å²) in [5.74, 6) is 2.69. The molecule has 2 fully saturated rings. The van der Waals surface area contributed by atoms with Crippen molar-refractivity contribution in [2.24, 2.45) is 0 Å².